The molecule has 3 heterocycles. The number of aromatic nitrogens is 4. The average molecular weight is 403 g/mol. The summed E-state index contributed by atoms with van der Waals surface area (Å²) in [5.74, 6) is 2.06. The number of hydrogen-bond acceptors (Lipinski definition) is 4. The summed E-state index contributed by atoms with van der Waals surface area (Å²) in [6.45, 7) is 1.81. The van der Waals surface area contributed by atoms with Crippen LogP contribution in [0.1, 0.15) is 54.6 Å². The smallest absolute Gasteiger partial charge is 0.123 e. The van der Waals surface area contributed by atoms with E-state index < -0.39 is 0 Å². The summed E-state index contributed by atoms with van der Waals surface area (Å²) >= 11 is 0. The van der Waals surface area contributed by atoms with Crippen molar-refractivity contribution in [2.24, 2.45) is 5.73 Å². The quantitative estimate of drug-likeness (QED) is 0.318. The van der Waals surface area contributed by atoms with E-state index in [1.807, 2.05) is 24.5 Å². The summed E-state index contributed by atoms with van der Waals surface area (Å²) in [6.07, 6.45) is 17.4. The zero-order valence-corrected chi connectivity index (χ0v) is 17.3. The molecule has 5 N–H and O–H groups in total. The van der Waals surface area contributed by atoms with Gasteiger partial charge in [-0.2, -0.15) is 0 Å². The molecular formula is C24H30N6. The van der Waals surface area contributed by atoms with Gasteiger partial charge in [0.25, 0.3) is 0 Å². The van der Waals surface area contributed by atoms with Gasteiger partial charge in [-0.1, -0.05) is 42.5 Å². The van der Waals surface area contributed by atoms with Crippen LogP contribution in [0.15, 0.2) is 48.8 Å². The number of nitrogens with zero attached hydrogens (tertiary/aromatic N) is 2. The van der Waals surface area contributed by atoms with E-state index in [9.17, 15) is 0 Å². The number of allylic oxidation sites excluding steroid dienone is 2. The molecule has 6 nitrogen and oxygen atoms in total. The molecule has 1 fully saturated rings. The number of benzene rings is 1. The van der Waals surface area contributed by atoms with Gasteiger partial charge in [-0.3, -0.25) is 0 Å². The lowest BCUT2D eigenvalue weighted by Crippen LogP contribution is -2.14. The van der Waals surface area contributed by atoms with E-state index in [1.54, 1.807) is 0 Å². The van der Waals surface area contributed by atoms with Crippen LogP contribution in [0.2, 0.25) is 0 Å². The fraction of sp³-hybridized carbons (Fsp3) is 0.333. The third-order valence-electron chi connectivity index (χ3n) is 5.40. The van der Waals surface area contributed by atoms with Crippen LogP contribution >= 0.6 is 0 Å². The summed E-state index contributed by atoms with van der Waals surface area (Å²) in [4.78, 5) is 15.8. The zero-order chi connectivity index (χ0) is 20.6. The molecule has 0 saturated carbocycles. The number of rotatable bonds is 9. The highest BCUT2D eigenvalue weighted by atomic mass is 15.0. The Morgan fingerprint density at radius 2 is 1.87 bits per heavy atom. The van der Waals surface area contributed by atoms with Crippen molar-refractivity contribution in [2.45, 2.75) is 38.1 Å². The van der Waals surface area contributed by atoms with Crippen molar-refractivity contribution in [2.75, 3.05) is 13.1 Å². The molecule has 4 rings (SSSR count). The van der Waals surface area contributed by atoms with Crippen LogP contribution in [0, 0.1) is 0 Å². The summed E-state index contributed by atoms with van der Waals surface area (Å²) < 4.78 is 0. The van der Waals surface area contributed by atoms with E-state index in [0.29, 0.717) is 6.04 Å². The summed E-state index contributed by atoms with van der Waals surface area (Å²) in [5, 5.41) is 3.46. The molecule has 6 heteroatoms. The molecule has 1 unspecified atom stereocenters. The maximum Gasteiger partial charge on any atom is 0.123 e. The predicted octanol–water partition coefficient (Wildman–Crippen LogP) is 4.23. The number of nitrogens with two attached hydrogens (primary N) is 1. The van der Waals surface area contributed by atoms with Crippen LogP contribution in [-0.4, -0.2) is 33.0 Å². The van der Waals surface area contributed by atoms with Crippen molar-refractivity contribution in [3.8, 4) is 11.3 Å². The minimum Gasteiger partial charge on any atom is -0.342 e. The highest BCUT2D eigenvalue weighted by molar-refractivity contribution is 5.63. The standard InChI is InChI=1S/C24H30N6/c25-14-4-3-9-23-27-17-22(30-23)19-12-10-18(11-13-19)6-1-2-7-20-16-28-24(29-20)21-8-5-15-26-21/h1-2,6-7,10-13,16-17,21,26H,3-5,8-9,14-15,25H2,(H,27,30)(H,28,29)/b6-1+,7-2+. The van der Waals surface area contributed by atoms with Crippen LogP contribution in [0.3, 0.4) is 0 Å². The van der Waals surface area contributed by atoms with Crippen molar-refractivity contribution < 1.29 is 0 Å². The highest BCUT2D eigenvalue weighted by Crippen LogP contribution is 2.21. The lowest BCUT2D eigenvalue weighted by Gasteiger charge is -2.04. The van der Waals surface area contributed by atoms with E-state index in [1.165, 1.54) is 6.42 Å². The molecule has 0 spiro atoms. The molecule has 1 aliphatic rings. The first kappa shape index (κ1) is 20.3. The molecule has 0 amide bonds. The molecule has 156 valence electrons. The molecule has 1 aromatic carbocycles. The van der Waals surface area contributed by atoms with Crippen molar-refractivity contribution in [3.05, 3.63) is 71.7 Å². The number of aryl methyl sites for hydroxylation is 1. The summed E-state index contributed by atoms with van der Waals surface area (Å²) in [6, 6.07) is 8.86. The second-order valence-corrected chi connectivity index (χ2v) is 7.70. The van der Waals surface area contributed by atoms with Crippen LogP contribution in [0.25, 0.3) is 23.4 Å². The van der Waals surface area contributed by atoms with Gasteiger partial charge in [-0.05, 0) is 56.0 Å². The van der Waals surface area contributed by atoms with E-state index in [-0.39, 0.29) is 0 Å². The van der Waals surface area contributed by atoms with Crippen LogP contribution in [0.4, 0.5) is 0 Å². The number of nitrogens with one attached hydrogen (secondary N) is 3. The van der Waals surface area contributed by atoms with Gasteiger partial charge in [-0.15, -0.1) is 0 Å². The van der Waals surface area contributed by atoms with Crippen molar-refractivity contribution in [1.29, 1.82) is 0 Å². The van der Waals surface area contributed by atoms with Gasteiger partial charge < -0.3 is 21.0 Å². The third kappa shape index (κ3) is 5.34. The Morgan fingerprint density at radius 1 is 1.00 bits per heavy atom. The van der Waals surface area contributed by atoms with Crippen molar-refractivity contribution in [1.82, 2.24) is 25.3 Å². The van der Waals surface area contributed by atoms with E-state index in [2.05, 4.69) is 61.7 Å². The molecule has 1 aliphatic heterocycles. The molecule has 30 heavy (non-hydrogen) atoms. The molecule has 0 bridgehead atoms. The van der Waals surface area contributed by atoms with Crippen LogP contribution in [-0.2, 0) is 6.42 Å². The Morgan fingerprint density at radius 3 is 2.67 bits per heavy atom. The molecule has 0 radical (unpaired) electrons. The fourth-order valence-electron chi connectivity index (χ4n) is 3.70. The third-order valence-corrected chi connectivity index (χ3v) is 5.40. The Balaban J connectivity index is 1.31. The van der Waals surface area contributed by atoms with Gasteiger partial charge in [0.2, 0.25) is 0 Å². The van der Waals surface area contributed by atoms with Crippen LogP contribution < -0.4 is 11.1 Å². The molecule has 1 saturated heterocycles. The second-order valence-electron chi connectivity index (χ2n) is 7.70. The normalized spacial score (nSPS) is 16.9. The average Bonchev–Trinajstić information content (AvgIpc) is 3.53. The number of H-pyrrole nitrogens is 2. The minimum atomic E-state index is 0.373. The maximum atomic E-state index is 5.55. The Bertz CT molecular complexity index is 973. The van der Waals surface area contributed by atoms with Gasteiger partial charge in [0.1, 0.15) is 11.6 Å². The molecule has 0 aliphatic carbocycles. The van der Waals surface area contributed by atoms with Gasteiger partial charge in [0.15, 0.2) is 0 Å². The van der Waals surface area contributed by atoms with Gasteiger partial charge in [-0.25, -0.2) is 9.97 Å². The predicted molar refractivity (Wildman–Crippen MR) is 123 cm³/mol. The zero-order valence-electron chi connectivity index (χ0n) is 17.3. The first-order valence-electron chi connectivity index (χ1n) is 10.8. The Hall–Kier alpha value is -2.96. The first-order chi connectivity index (χ1) is 14.8. The highest BCUT2D eigenvalue weighted by Gasteiger charge is 2.18. The monoisotopic (exact) mass is 402 g/mol. The Kier molecular flexibility index (Phi) is 6.90. The molecule has 2 aromatic heterocycles. The fourth-order valence-corrected chi connectivity index (χ4v) is 3.70. The summed E-state index contributed by atoms with van der Waals surface area (Å²) in [5.41, 5.74) is 9.94. The first-order valence-corrected chi connectivity index (χ1v) is 10.8. The van der Waals surface area contributed by atoms with Crippen molar-refractivity contribution >= 4 is 12.2 Å². The topological polar surface area (TPSA) is 95.4 Å². The maximum absolute atomic E-state index is 5.55. The largest absolute Gasteiger partial charge is 0.342 e. The van der Waals surface area contributed by atoms with Gasteiger partial charge in [0, 0.05) is 6.42 Å². The SMILES string of the molecule is NCCCCc1ncc(-c2ccc(/C=C/C=C/c3cnc(C4CCCN4)[nH]3)cc2)[nH]1. The Labute approximate surface area is 177 Å². The van der Waals surface area contributed by atoms with E-state index >= 15 is 0 Å². The van der Waals surface area contributed by atoms with Gasteiger partial charge >= 0.3 is 0 Å². The number of unbranched alkanes of at least 4 members (excludes halogenated alkanes) is 1. The molecular weight excluding hydrogens is 372 g/mol. The van der Waals surface area contributed by atoms with Crippen LogP contribution in [0.5, 0.6) is 0 Å². The van der Waals surface area contributed by atoms with E-state index in [0.717, 1.165) is 72.9 Å². The minimum absolute atomic E-state index is 0.373. The summed E-state index contributed by atoms with van der Waals surface area (Å²) in [7, 11) is 0. The number of imidazole rings is 2. The lowest BCUT2D eigenvalue weighted by molar-refractivity contribution is 0.612. The number of hydrogen-bond donors (Lipinski definition) is 4. The second kappa shape index (κ2) is 10.2. The lowest BCUT2D eigenvalue weighted by atomic mass is 10.1. The number of aromatic amines is 2. The molecule has 1 atom stereocenters. The molecule has 3 aromatic rings. The van der Waals surface area contributed by atoms with Crippen molar-refractivity contribution in [3.63, 3.8) is 0 Å². The van der Waals surface area contributed by atoms with Gasteiger partial charge in [0.05, 0.1) is 29.8 Å². The van der Waals surface area contributed by atoms with E-state index in [4.69, 9.17) is 5.73 Å².